The first kappa shape index (κ1) is 25.6. The van der Waals surface area contributed by atoms with Gasteiger partial charge in [0, 0.05) is 12.8 Å². The minimum Gasteiger partial charge on any atom is -0.459 e. The van der Waals surface area contributed by atoms with Crippen molar-refractivity contribution >= 4 is 11.9 Å². The Bertz CT molecular complexity index is 737. The smallest absolute Gasteiger partial charge is 0.381 e. The maximum Gasteiger partial charge on any atom is 0.381 e. The van der Waals surface area contributed by atoms with Crippen LogP contribution in [0.2, 0.25) is 0 Å². The monoisotopic (exact) mass is 450 g/mol. The van der Waals surface area contributed by atoms with Gasteiger partial charge in [0.15, 0.2) is 6.61 Å². The molecule has 0 radical (unpaired) electrons. The summed E-state index contributed by atoms with van der Waals surface area (Å²) < 4.78 is 111. The summed E-state index contributed by atoms with van der Waals surface area (Å²) in [5.41, 5.74) is 0.888. The van der Waals surface area contributed by atoms with Gasteiger partial charge in [-0.2, -0.15) is 26.3 Å². The molecule has 30 heavy (non-hydrogen) atoms. The minimum atomic E-state index is -6.45. The van der Waals surface area contributed by atoms with E-state index in [0.717, 1.165) is 5.56 Å². The first-order valence-electron chi connectivity index (χ1n) is 8.61. The quantitative estimate of drug-likeness (QED) is 0.269. The molecule has 0 N–H and O–H groups in total. The van der Waals surface area contributed by atoms with Crippen molar-refractivity contribution in [3.8, 4) is 5.75 Å². The van der Waals surface area contributed by atoms with Crippen molar-refractivity contribution in [2.24, 2.45) is 0 Å². The lowest BCUT2D eigenvalue weighted by Gasteiger charge is -2.31. The zero-order valence-electron chi connectivity index (χ0n) is 15.6. The lowest BCUT2D eigenvalue weighted by atomic mass is 10.1. The lowest BCUT2D eigenvalue weighted by Crippen LogP contribution is -2.59. The van der Waals surface area contributed by atoms with E-state index in [1.165, 1.54) is 6.07 Å². The van der Waals surface area contributed by atoms with Gasteiger partial charge in [0.25, 0.3) is 0 Å². The fourth-order valence-electron chi connectivity index (χ4n) is 2.10. The number of ether oxygens (including phenoxy) is 2. The Labute approximate surface area is 166 Å². The van der Waals surface area contributed by atoms with E-state index in [-0.39, 0.29) is 18.6 Å². The molecule has 170 valence electrons. The minimum absolute atomic E-state index is 0.240. The van der Waals surface area contributed by atoms with Crippen molar-refractivity contribution in [2.75, 3.05) is 6.61 Å². The van der Waals surface area contributed by atoms with E-state index in [4.69, 9.17) is 4.74 Å². The van der Waals surface area contributed by atoms with Crippen LogP contribution in [0.5, 0.6) is 5.75 Å². The lowest BCUT2D eigenvalue weighted by molar-refractivity contribution is -0.344. The number of carbonyl (C=O) groups excluding carboxylic acids is 2. The van der Waals surface area contributed by atoms with Crippen LogP contribution in [0.1, 0.15) is 31.7 Å². The summed E-state index contributed by atoms with van der Waals surface area (Å²) >= 11 is 0. The Hall–Kier alpha value is -2.40. The zero-order valence-corrected chi connectivity index (χ0v) is 15.6. The third-order valence-electron chi connectivity index (χ3n) is 3.87. The van der Waals surface area contributed by atoms with Gasteiger partial charge in [-0.15, -0.1) is 0 Å². The summed E-state index contributed by atoms with van der Waals surface area (Å²) in [6.07, 6.45) is -5.71. The predicted octanol–water partition coefficient (Wildman–Crippen LogP) is 5.04. The molecule has 0 aliphatic heterocycles. The Balaban J connectivity index is 2.48. The summed E-state index contributed by atoms with van der Waals surface area (Å²) in [6, 6.07) is 6.54. The van der Waals surface area contributed by atoms with E-state index in [1.807, 2.05) is 6.92 Å². The summed E-state index contributed by atoms with van der Waals surface area (Å²) in [6.45, 7) is -0.657. The molecule has 0 aromatic heterocycles. The third-order valence-corrected chi connectivity index (χ3v) is 3.87. The molecule has 0 aliphatic carbocycles. The van der Waals surface area contributed by atoms with E-state index in [9.17, 15) is 44.7 Å². The number of alkyl halides is 8. The van der Waals surface area contributed by atoms with Crippen molar-refractivity contribution in [1.29, 1.82) is 0 Å². The molecule has 0 saturated heterocycles. The van der Waals surface area contributed by atoms with Crippen LogP contribution >= 0.6 is 0 Å². The molecular weight excluding hydrogens is 432 g/mol. The van der Waals surface area contributed by atoms with Crippen molar-refractivity contribution in [2.45, 2.75) is 56.8 Å². The van der Waals surface area contributed by atoms with Crippen molar-refractivity contribution < 1.29 is 54.2 Å². The number of carbonyl (C=O) groups is 2. The normalized spacial score (nSPS) is 12.7. The van der Waals surface area contributed by atoms with Gasteiger partial charge in [-0.1, -0.05) is 19.1 Å². The standard InChI is InChI=1S/C18H18F8O4/c1-2-11-5-3-6-12(9-11)30-14(28)8-4-7-13(27)29-10-16(21,22)18(25,26)17(23,24)15(19)20/h3,5-6,9,15H,2,4,7-8,10H2,1H3. The maximum absolute atomic E-state index is 13.3. The topological polar surface area (TPSA) is 52.6 Å². The second-order valence-corrected chi connectivity index (χ2v) is 6.19. The molecule has 4 nitrogen and oxygen atoms in total. The summed E-state index contributed by atoms with van der Waals surface area (Å²) in [4.78, 5) is 23.0. The summed E-state index contributed by atoms with van der Waals surface area (Å²) in [5, 5.41) is 0. The van der Waals surface area contributed by atoms with Crippen LogP contribution in [0.3, 0.4) is 0 Å². The van der Waals surface area contributed by atoms with Crippen LogP contribution in [0.4, 0.5) is 35.1 Å². The van der Waals surface area contributed by atoms with E-state index >= 15 is 0 Å². The Kier molecular flexibility index (Phi) is 8.61. The number of aryl methyl sites for hydroxylation is 1. The van der Waals surface area contributed by atoms with Gasteiger partial charge >= 0.3 is 36.1 Å². The second-order valence-electron chi connectivity index (χ2n) is 6.19. The number of halogens is 8. The first-order valence-corrected chi connectivity index (χ1v) is 8.61. The van der Waals surface area contributed by atoms with Gasteiger partial charge in [-0.05, 0) is 30.5 Å². The fraction of sp³-hybridized carbons (Fsp3) is 0.556. The highest BCUT2D eigenvalue weighted by atomic mass is 19.4. The van der Waals surface area contributed by atoms with Crippen LogP contribution in [-0.2, 0) is 20.7 Å². The number of rotatable bonds is 11. The highest BCUT2D eigenvalue weighted by Crippen LogP contribution is 2.48. The van der Waals surface area contributed by atoms with E-state index in [0.29, 0.717) is 6.42 Å². The van der Waals surface area contributed by atoms with Crippen LogP contribution in [0, 0.1) is 0 Å². The van der Waals surface area contributed by atoms with Crippen LogP contribution in [0.25, 0.3) is 0 Å². The van der Waals surface area contributed by atoms with E-state index < -0.39 is 49.2 Å². The number of esters is 2. The molecule has 0 spiro atoms. The SMILES string of the molecule is CCc1cccc(OC(=O)CCCC(=O)OCC(F)(F)C(F)(F)C(F)(F)C(F)F)c1. The molecule has 0 heterocycles. The predicted molar refractivity (Wildman–Crippen MR) is 87.1 cm³/mol. The van der Waals surface area contributed by atoms with Gasteiger partial charge < -0.3 is 9.47 Å². The van der Waals surface area contributed by atoms with Gasteiger partial charge in [-0.3, -0.25) is 9.59 Å². The highest BCUT2D eigenvalue weighted by molar-refractivity contribution is 5.74. The largest absolute Gasteiger partial charge is 0.459 e. The van der Waals surface area contributed by atoms with Gasteiger partial charge in [0.1, 0.15) is 5.75 Å². The first-order chi connectivity index (χ1) is 13.7. The molecule has 0 saturated carbocycles. The molecular formula is C18H18F8O4. The number of benzene rings is 1. The number of hydrogen-bond acceptors (Lipinski definition) is 4. The Morgan fingerprint density at radius 3 is 2.17 bits per heavy atom. The molecule has 0 fully saturated rings. The third kappa shape index (κ3) is 6.30. The van der Waals surface area contributed by atoms with Crippen molar-refractivity contribution in [3.05, 3.63) is 29.8 Å². The van der Waals surface area contributed by atoms with Crippen molar-refractivity contribution in [1.82, 2.24) is 0 Å². The number of hydrogen-bond donors (Lipinski definition) is 0. The summed E-state index contributed by atoms with van der Waals surface area (Å²) in [5.74, 6) is -20.6. The molecule has 0 atom stereocenters. The highest BCUT2D eigenvalue weighted by Gasteiger charge is 2.75. The zero-order chi connectivity index (χ0) is 23.2. The van der Waals surface area contributed by atoms with Crippen LogP contribution in [-0.4, -0.2) is 42.7 Å². The van der Waals surface area contributed by atoms with E-state index in [2.05, 4.69) is 4.74 Å². The molecule has 0 unspecified atom stereocenters. The van der Waals surface area contributed by atoms with Gasteiger partial charge in [0.05, 0.1) is 0 Å². The second kappa shape index (κ2) is 10.1. The average molecular weight is 450 g/mol. The van der Waals surface area contributed by atoms with Crippen LogP contribution < -0.4 is 4.74 Å². The molecule has 0 amide bonds. The molecule has 1 aromatic rings. The van der Waals surface area contributed by atoms with E-state index in [1.54, 1.807) is 18.2 Å². The Morgan fingerprint density at radius 2 is 1.60 bits per heavy atom. The summed E-state index contributed by atoms with van der Waals surface area (Å²) in [7, 11) is 0. The molecule has 12 heteroatoms. The van der Waals surface area contributed by atoms with Crippen LogP contribution in [0.15, 0.2) is 24.3 Å². The fourth-order valence-corrected chi connectivity index (χ4v) is 2.10. The molecule has 0 bridgehead atoms. The van der Waals surface area contributed by atoms with Gasteiger partial charge in [0.2, 0.25) is 0 Å². The molecule has 1 aromatic carbocycles. The molecule has 1 rings (SSSR count). The van der Waals surface area contributed by atoms with Gasteiger partial charge in [-0.25, -0.2) is 8.78 Å². The average Bonchev–Trinajstić information content (AvgIpc) is 2.66. The Morgan fingerprint density at radius 1 is 1.00 bits per heavy atom. The molecule has 0 aliphatic rings. The van der Waals surface area contributed by atoms with Crippen molar-refractivity contribution in [3.63, 3.8) is 0 Å². The maximum atomic E-state index is 13.3.